The zero-order valence-corrected chi connectivity index (χ0v) is 7.15. The van der Waals surface area contributed by atoms with Crippen molar-refractivity contribution in [1.29, 1.82) is 0 Å². The molecular weight excluding hydrogens is 108 g/mol. The van der Waals surface area contributed by atoms with Gasteiger partial charge in [-0.2, -0.15) is 0 Å². The molecule has 0 amide bonds. The van der Waals surface area contributed by atoms with Crippen LogP contribution in [-0.2, 0) is 0 Å². The summed E-state index contributed by atoms with van der Waals surface area (Å²) in [5, 5.41) is 0. The van der Waals surface area contributed by atoms with Crippen LogP contribution < -0.4 is 0 Å². The highest BCUT2D eigenvalue weighted by Crippen LogP contribution is 2.18. The normalized spacial score (nSPS) is 15.0. The molecule has 0 aromatic carbocycles. The van der Waals surface area contributed by atoms with Crippen LogP contribution in [0.5, 0.6) is 0 Å². The van der Waals surface area contributed by atoms with Crippen LogP contribution in [0, 0.1) is 24.7 Å². The van der Waals surface area contributed by atoms with Crippen LogP contribution in [0.1, 0.15) is 34.1 Å². The maximum atomic E-state index is 4.08. The quantitative estimate of drug-likeness (QED) is 0.546. The second kappa shape index (κ2) is 3.92. The van der Waals surface area contributed by atoms with E-state index in [1.807, 2.05) is 0 Å². The second-order valence-corrected chi connectivity index (χ2v) is 3.63. The maximum absolute atomic E-state index is 4.08. The Hall–Kier alpha value is 0. The monoisotopic (exact) mass is 127 g/mol. The van der Waals surface area contributed by atoms with Gasteiger partial charge in [-0.15, -0.1) is 0 Å². The van der Waals surface area contributed by atoms with Crippen molar-refractivity contribution < 1.29 is 0 Å². The lowest BCUT2D eigenvalue weighted by atomic mass is 9.90. The van der Waals surface area contributed by atoms with E-state index >= 15 is 0 Å². The predicted octanol–water partition coefficient (Wildman–Crippen LogP) is 3.14. The van der Waals surface area contributed by atoms with Gasteiger partial charge in [0.1, 0.15) is 0 Å². The van der Waals surface area contributed by atoms with Gasteiger partial charge in [-0.05, 0) is 31.1 Å². The molecule has 0 aromatic heterocycles. The minimum Gasteiger partial charge on any atom is -0.0628 e. The van der Waals surface area contributed by atoms with Gasteiger partial charge in [-0.1, -0.05) is 27.7 Å². The number of rotatable bonds is 3. The summed E-state index contributed by atoms with van der Waals surface area (Å²) in [6.45, 7) is 13.1. The first-order valence-electron chi connectivity index (χ1n) is 3.87. The van der Waals surface area contributed by atoms with Gasteiger partial charge in [-0.3, -0.25) is 0 Å². The Kier molecular flexibility index (Phi) is 3.92. The third kappa shape index (κ3) is 4.50. The van der Waals surface area contributed by atoms with Gasteiger partial charge in [0.2, 0.25) is 0 Å². The maximum Gasteiger partial charge on any atom is -0.0389 e. The Morgan fingerprint density at radius 2 is 1.56 bits per heavy atom. The third-order valence-corrected chi connectivity index (χ3v) is 1.72. The molecule has 1 unspecified atom stereocenters. The zero-order chi connectivity index (χ0) is 7.44. The van der Waals surface area contributed by atoms with E-state index in [1.165, 1.54) is 6.42 Å². The molecule has 0 nitrogen and oxygen atoms in total. The van der Waals surface area contributed by atoms with Crippen molar-refractivity contribution in [1.82, 2.24) is 0 Å². The lowest BCUT2D eigenvalue weighted by Gasteiger charge is -2.16. The molecule has 1 atom stereocenters. The van der Waals surface area contributed by atoms with E-state index in [4.69, 9.17) is 0 Å². The van der Waals surface area contributed by atoms with Gasteiger partial charge in [0.05, 0.1) is 0 Å². The van der Waals surface area contributed by atoms with Crippen molar-refractivity contribution in [2.75, 3.05) is 0 Å². The molecule has 9 heavy (non-hydrogen) atoms. The average Bonchev–Trinajstić information content (AvgIpc) is 1.63. The first kappa shape index (κ1) is 9.00. The van der Waals surface area contributed by atoms with E-state index in [0.29, 0.717) is 5.92 Å². The van der Waals surface area contributed by atoms with Gasteiger partial charge in [0.15, 0.2) is 0 Å². The first-order valence-corrected chi connectivity index (χ1v) is 3.87. The average molecular weight is 127 g/mol. The molecule has 0 saturated heterocycles. The third-order valence-electron chi connectivity index (χ3n) is 1.72. The summed E-state index contributed by atoms with van der Waals surface area (Å²) in [4.78, 5) is 0. The second-order valence-electron chi connectivity index (χ2n) is 3.63. The summed E-state index contributed by atoms with van der Waals surface area (Å²) < 4.78 is 0. The van der Waals surface area contributed by atoms with Crippen LogP contribution >= 0.6 is 0 Å². The van der Waals surface area contributed by atoms with Gasteiger partial charge in [-0.25, -0.2) is 0 Å². The fourth-order valence-electron chi connectivity index (χ4n) is 0.878. The van der Waals surface area contributed by atoms with Crippen molar-refractivity contribution in [3.8, 4) is 0 Å². The minimum atomic E-state index is 0.644. The molecule has 0 bridgehead atoms. The molecule has 0 fully saturated rings. The van der Waals surface area contributed by atoms with Crippen molar-refractivity contribution in [2.45, 2.75) is 34.1 Å². The number of hydrogen-bond donors (Lipinski definition) is 0. The Balaban J connectivity index is 3.38. The highest BCUT2D eigenvalue weighted by Gasteiger charge is 2.07. The molecule has 0 spiro atoms. The molecule has 0 N–H and O–H groups in total. The van der Waals surface area contributed by atoms with Crippen molar-refractivity contribution in [3.05, 3.63) is 6.92 Å². The SMILES string of the molecule is [CH2]C(CC(C)C)C(C)C. The summed E-state index contributed by atoms with van der Waals surface area (Å²) in [6.07, 6.45) is 1.26. The molecule has 0 aromatic rings. The Morgan fingerprint density at radius 3 is 1.67 bits per heavy atom. The topological polar surface area (TPSA) is 0 Å². The van der Waals surface area contributed by atoms with Crippen LogP contribution in [-0.4, -0.2) is 0 Å². The molecule has 0 heteroatoms. The minimum absolute atomic E-state index is 0.644. The molecular formula is C9H19. The molecule has 0 heterocycles. The molecule has 0 saturated carbocycles. The largest absolute Gasteiger partial charge is 0.0628 e. The van der Waals surface area contributed by atoms with Crippen LogP contribution in [0.25, 0.3) is 0 Å². The standard InChI is InChI=1S/C9H19/c1-7(2)6-9(5)8(3)4/h7-9H,5-6H2,1-4H3. The molecule has 0 aliphatic rings. The predicted molar refractivity (Wildman–Crippen MR) is 43.1 cm³/mol. The fourth-order valence-corrected chi connectivity index (χ4v) is 0.878. The summed E-state index contributed by atoms with van der Waals surface area (Å²) in [5.74, 6) is 2.19. The van der Waals surface area contributed by atoms with Crippen molar-refractivity contribution in [3.63, 3.8) is 0 Å². The summed E-state index contributed by atoms with van der Waals surface area (Å²) in [7, 11) is 0. The van der Waals surface area contributed by atoms with Crippen LogP contribution in [0.15, 0.2) is 0 Å². The van der Waals surface area contributed by atoms with Crippen LogP contribution in [0.2, 0.25) is 0 Å². The summed E-state index contributed by atoms with van der Waals surface area (Å²) >= 11 is 0. The molecule has 1 radical (unpaired) electrons. The Bertz CT molecular complexity index is 62.4. The first-order chi connectivity index (χ1) is 4.04. The highest BCUT2D eigenvalue weighted by atomic mass is 14.1. The smallest absolute Gasteiger partial charge is 0.0389 e. The van der Waals surface area contributed by atoms with Crippen molar-refractivity contribution in [2.24, 2.45) is 17.8 Å². The Labute approximate surface area is 59.7 Å². The molecule has 0 rings (SSSR count). The number of hydrogen-bond acceptors (Lipinski definition) is 0. The van der Waals surface area contributed by atoms with E-state index < -0.39 is 0 Å². The van der Waals surface area contributed by atoms with E-state index in [9.17, 15) is 0 Å². The van der Waals surface area contributed by atoms with E-state index in [2.05, 4.69) is 34.6 Å². The zero-order valence-electron chi connectivity index (χ0n) is 7.15. The van der Waals surface area contributed by atoms with Crippen LogP contribution in [0.3, 0.4) is 0 Å². The lowest BCUT2D eigenvalue weighted by Crippen LogP contribution is -2.07. The van der Waals surface area contributed by atoms with Gasteiger partial charge in [0, 0.05) is 0 Å². The lowest BCUT2D eigenvalue weighted by molar-refractivity contribution is 0.377. The van der Waals surface area contributed by atoms with Gasteiger partial charge >= 0.3 is 0 Å². The van der Waals surface area contributed by atoms with E-state index in [0.717, 1.165) is 11.8 Å². The van der Waals surface area contributed by atoms with Crippen LogP contribution in [0.4, 0.5) is 0 Å². The Morgan fingerprint density at radius 1 is 1.11 bits per heavy atom. The molecule has 55 valence electrons. The van der Waals surface area contributed by atoms with Gasteiger partial charge in [0.25, 0.3) is 0 Å². The molecule has 0 aliphatic carbocycles. The summed E-state index contributed by atoms with van der Waals surface area (Å²) in [5.41, 5.74) is 0. The highest BCUT2D eigenvalue weighted by molar-refractivity contribution is 4.66. The van der Waals surface area contributed by atoms with Crippen molar-refractivity contribution >= 4 is 0 Å². The fraction of sp³-hybridized carbons (Fsp3) is 0.889. The van der Waals surface area contributed by atoms with E-state index in [-0.39, 0.29) is 0 Å². The molecule has 0 aliphatic heterocycles. The van der Waals surface area contributed by atoms with E-state index in [1.54, 1.807) is 0 Å². The van der Waals surface area contributed by atoms with Gasteiger partial charge < -0.3 is 0 Å². The summed E-state index contributed by atoms with van der Waals surface area (Å²) in [6, 6.07) is 0.